The molecule has 0 spiro atoms. The molecule has 1 aliphatic carbocycles. The number of imidazole rings is 1. The summed E-state index contributed by atoms with van der Waals surface area (Å²) in [5.41, 5.74) is 1.21. The number of thiophene rings is 1. The SMILES string of the molecule is c1csc(C(NCCc2cnc[nH]2)C2CC2)c1. The summed E-state index contributed by atoms with van der Waals surface area (Å²) in [6.45, 7) is 1.02. The summed E-state index contributed by atoms with van der Waals surface area (Å²) < 4.78 is 0. The molecular weight excluding hydrogens is 230 g/mol. The fourth-order valence-corrected chi connectivity index (χ4v) is 3.07. The van der Waals surface area contributed by atoms with E-state index >= 15 is 0 Å². The third-order valence-electron chi connectivity index (χ3n) is 3.26. The minimum absolute atomic E-state index is 0.568. The maximum Gasteiger partial charge on any atom is 0.0921 e. The highest BCUT2D eigenvalue weighted by atomic mass is 32.1. The van der Waals surface area contributed by atoms with E-state index in [4.69, 9.17) is 0 Å². The molecule has 0 amide bonds. The van der Waals surface area contributed by atoms with Gasteiger partial charge in [-0.1, -0.05) is 6.07 Å². The molecule has 2 aromatic rings. The summed E-state index contributed by atoms with van der Waals surface area (Å²) in [5.74, 6) is 0.857. The lowest BCUT2D eigenvalue weighted by molar-refractivity contribution is 0.490. The van der Waals surface area contributed by atoms with Crippen LogP contribution in [-0.2, 0) is 6.42 Å². The van der Waals surface area contributed by atoms with Crippen LogP contribution in [0.4, 0.5) is 0 Å². The Morgan fingerprint density at radius 2 is 2.47 bits per heavy atom. The molecule has 2 heterocycles. The summed E-state index contributed by atoms with van der Waals surface area (Å²) in [5, 5.41) is 5.85. The molecule has 3 nitrogen and oxygen atoms in total. The molecule has 1 aliphatic rings. The summed E-state index contributed by atoms with van der Waals surface area (Å²) in [4.78, 5) is 8.66. The van der Waals surface area contributed by atoms with Crippen molar-refractivity contribution >= 4 is 11.3 Å². The maximum absolute atomic E-state index is 4.04. The Balaban J connectivity index is 1.55. The minimum Gasteiger partial charge on any atom is -0.348 e. The lowest BCUT2D eigenvalue weighted by Gasteiger charge is -2.16. The van der Waals surface area contributed by atoms with Gasteiger partial charge in [0.2, 0.25) is 0 Å². The number of hydrogen-bond acceptors (Lipinski definition) is 3. The number of aromatic amines is 1. The van der Waals surface area contributed by atoms with Crippen LogP contribution in [0.1, 0.15) is 29.5 Å². The first-order valence-electron chi connectivity index (χ1n) is 6.17. The first-order chi connectivity index (χ1) is 8.43. The molecule has 1 fully saturated rings. The molecule has 2 N–H and O–H groups in total. The number of aromatic nitrogens is 2. The van der Waals surface area contributed by atoms with Crippen LogP contribution in [0.2, 0.25) is 0 Å². The van der Waals surface area contributed by atoms with Crippen LogP contribution >= 0.6 is 11.3 Å². The van der Waals surface area contributed by atoms with Crippen LogP contribution < -0.4 is 5.32 Å². The lowest BCUT2D eigenvalue weighted by Crippen LogP contribution is -2.24. The van der Waals surface area contributed by atoms with E-state index in [0.717, 1.165) is 18.9 Å². The Hall–Kier alpha value is -1.13. The van der Waals surface area contributed by atoms with Gasteiger partial charge in [0.1, 0.15) is 0 Å². The normalized spacial score (nSPS) is 17.2. The molecule has 1 atom stereocenters. The predicted octanol–water partition coefficient (Wildman–Crippen LogP) is 2.75. The van der Waals surface area contributed by atoms with Crippen molar-refractivity contribution in [3.63, 3.8) is 0 Å². The van der Waals surface area contributed by atoms with E-state index in [1.807, 2.05) is 17.5 Å². The monoisotopic (exact) mass is 247 g/mol. The molecule has 0 saturated heterocycles. The quantitative estimate of drug-likeness (QED) is 0.824. The molecule has 3 rings (SSSR count). The molecule has 0 aromatic carbocycles. The summed E-state index contributed by atoms with van der Waals surface area (Å²) in [6.07, 6.45) is 7.42. The van der Waals surface area contributed by atoms with Gasteiger partial charge in [0.05, 0.1) is 6.33 Å². The zero-order chi connectivity index (χ0) is 11.5. The average Bonchev–Trinajstić information content (AvgIpc) is 2.84. The van der Waals surface area contributed by atoms with Gasteiger partial charge in [-0.05, 0) is 30.2 Å². The summed E-state index contributed by atoms with van der Waals surface area (Å²) in [7, 11) is 0. The van der Waals surface area contributed by atoms with Crippen LogP contribution in [0.5, 0.6) is 0 Å². The first kappa shape index (κ1) is 11.0. The Morgan fingerprint density at radius 1 is 1.53 bits per heavy atom. The third kappa shape index (κ3) is 2.76. The molecule has 4 heteroatoms. The molecule has 0 radical (unpaired) electrons. The Morgan fingerprint density at radius 3 is 3.12 bits per heavy atom. The van der Waals surface area contributed by atoms with Crippen molar-refractivity contribution in [1.82, 2.24) is 15.3 Å². The van der Waals surface area contributed by atoms with Crippen LogP contribution in [0.3, 0.4) is 0 Å². The maximum atomic E-state index is 4.04. The third-order valence-corrected chi connectivity index (χ3v) is 4.21. The second-order valence-electron chi connectivity index (χ2n) is 4.61. The molecule has 1 unspecified atom stereocenters. The second-order valence-corrected chi connectivity index (χ2v) is 5.59. The number of nitrogens with zero attached hydrogens (tertiary/aromatic N) is 1. The van der Waals surface area contributed by atoms with Gasteiger partial charge in [-0.3, -0.25) is 0 Å². The highest BCUT2D eigenvalue weighted by Crippen LogP contribution is 2.42. The smallest absolute Gasteiger partial charge is 0.0921 e. The molecule has 90 valence electrons. The second kappa shape index (κ2) is 5.02. The Labute approximate surface area is 105 Å². The molecule has 2 aromatic heterocycles. The van der Waals surface area contributed by atoms with Crippen molar-refractivity contribution in [2.24, 2.45) is 5.92 Å². The van der Waals surface area contributed by atoms with E-state index < -0.39 is 0 Å². The predicted molar refractivity (Wildman–Crippen MR) is 70.1 cm³/mol. The average molecular weight is 247 g/mol. The van der Waals surface area contributed by atoms with E-state index in [1.165, 1.54) is 23.4 Å². The van der Waals surface area contributed by atoms with Crippen molar-refractivity contribution in [2.45, 2.75) is 25.3 Å². The van der Waals surface area contributed by atoms with Crippen LogP contribution in [0.15, 0.2) is 30.0 Å². The lowest BCUT2D eigenvalue weighted by atomic mass is 10.1. The van der Waals surface area contributed by atoms with Gasteiger partial charge in [0.15, 0.2) is 0 Å². The van der Waals surface area contributed by atoms with Gasteiger partial charge in [0.25, 0.3) is 0 Å². The number of nitrogens with one attached hydrogen (secondary N) is 2. The van der Waals surface area contributed by atoms with Crippen molar-refractivity contribution in [3.05, 3.63) is 40.6 Å². The van der Waals surface area contributed by atoms with Crippen molar-refractivity contribution in [3.8, 4) is 0 Å². The van der Waals surface area contributed by atoms with Gasteiger partial charge in [-0.2, -0.15) is 0 Å². The highest BCUT2D eigenvalue weighted by molar-refractivity contribution is 7.10. The van der Waals surface area contributed by atoms with Crippen molar-refractivity contribution < 1.29 is 0 Å². The Kier molecular flexibility index (Phi) is 3.25. The first-order valence-corrected chi connectivity index (χ1v) is 7.05. The topological polar surface area (TPSA) is 40.7 Å². The van der Waals surface area contributed by atoms with Gasteiger partial charge in [-0.25, -0.2) is 4.98 Å². The number of rotatable bonds is 6. The zero-order valence-corrected chi connectivity index (χ0v) is 10.5. The fraction of sp³-hybridized carbons (Fsp3) is 0.462. The van der Waals surface area contributed by atoms with E-state index in [-0.39, 0.29) is 0 Å². The molecular formula is C13H17N3S. The van der Waals surface area contributed by atoms with Crippen LogP contribution in [-0.4, -0.2) is 16.5 Å². The molecule has 0 bridgehead atoms. The molecule has 17 heavy (non-hydrogen) atoms. The van der Waals surface area contributed by atoms with Crippen LogP contribution in [0, 0.1) is 5.92 Å². The number of hydrogen-bond donors (Lipinski definition) is 2. The highest BCUT2D eigenvalue weighted by Gasteiger charge is 2.32. The van der Waals surface area contributed by atoms with Gasteiger partial charge in [0, 0.05) is 35.8 Å². The van der Waals surface area contributed by atoms with Crippen molar-refractivity contribution in [1.29, 1.82) is 0 Å². The van der Waals surface area contributed by atoms with Gasteiger partial charge < -0.3 is 10.3 Å². The van der Waals surface area contributed by atoms with Gasteiger partial charge in [-0.15, -0.1) is 11.3 Å². The largest absolute Gasteiger partial charge is 0.348 e. The van der Waals surface area contributed by atoms with Gasteiger partial charge >= 0.3 is 0 Å². The van der Waals surface area contributed by atoms with E-state index in [9.17, 15) is 0 Å². The summed E-state index contributed by atoms with van der Waals surface area (Å²) in [6, 6.07) is 4.96. The van der Waals surface area contributed by atoms with Crippen LogP contribution in [0.25, 0.3) is 0 Å². The van der Waals surface area contributed by atoms with E-state index in [1.54, 1.807) is 6.33 Å². The zero-order valence-electron chi connectivity index (χ0n) is 9.73. The Bertz CT molecular complexity index is 431. The summed E-state index contributed by atoms with van der Waals surface area (Å²) >= 11 is 1.86. The standard InChI is InChI=1S/C13H17N3S/c1-2-12(17-7-1)13(10-3-4-10)15-6-5-11-8-14-9-16-11/h1-2,7-10,13,15H,3-6H2,(H,14,16). The van der Waals surface area contributed by atoms with E-state index in [0.29, 0.717) is 6.04 Å². The molecule has 0 aliphatic heterocycles. The fourth-order valence-electron chi connectivity index (χ4n) is 2.18. The van der Waals surface area contributed by atoms with Crippen molar-refractivity contribution in [2.75, 3.05) is 6.54 Å². The number of H-pyrrole nitrogens is 1. The molecule has 1 saturated carbocycles. The van der Waals surface area contributed by atoms with E-state index in [2.05, 4.69) is 32.8 Å². The minimum atomic E-state index is 0.568.